The van der Waals surface area contributed by atoms with Crippen LogP contribution in [0.25, 0.3) is 23.0 Å². The molecular formula is C21H21N3O3S. The molecule has 28 heavy (non-hydrogen) atoms. The van der Waals surface area contributed by atoms with Gasteiger partial charge in [0.25, 0.3) is 0 Å². The number of nitrogens with two attached hydrogens (primary N) is 1. The molecule has 144 valence electrons. The first-order valence-electron chi connectivity index (χ1n) is 9.00. The number of aliphatic hydroxyl groups is 1. The van der Waals surface area contributed by atoms with Crippen LogP contribution in [0, 0.1) is 6.92 Å². The fraction of sp³-hybridized carbons (Fsp3) is 0.190. The lowest BCUT2D eigenvalue weighted by atomic mass is 10.0. The summed E-state index contributed by atoms with van der Waals surface area (Å²) in [6, 6.07) is 13.2. The van der Waals surface area contributed by atoms with Gasteiger partial charge in [0.05, 0.1) is 22.0 Å². The third kappa shape index (κ3) is 3.40. The van der Waals surface area contributed by atoms with Crippen molar-refractivity contribution >= 4 is 16.1 Å². The number of hydrogen-bond donors (Lipinski definition) is 2. The molecule has 0 aliphatic heterocycles. The zero-order chi connectivity index (χ0) is 19.9. The van der Waals surface area contributed by atoms with E-state index in [-0.39, 0.29) is 17.9 Å². The number of hydrogen-bond acceptors (Lipinski definition) is 4. The molecule has 0 saturated carbocycles. The fourth-order valence-corrected chi connectivity index (χ4v) is 4.39. The molecule has 0 saturated heterocycles. The highest BCUT2D eigenvalue weighted by Crippen LogP contribution is 2.30. The van der Waals surface area contributed by atoms with Gasteiger partial charge in [-0.25, -0.2) is 18.2 Å². The smallest absolute Gasteiger partial charge is 0.238 e. The summed E-state index contributed by atoms with van der Waals surface area (Å²) in [6.45, 7) is 1.74. The van der Waals surface area contributed by atoms with Crippen LogP contribution in [0.15, 0.2) is 53.4 Å². The second-order valence-corrected chi connectivity index (χ2v) is 8.44. The lowest BCUT2D eigenvalue weighted by molar-refractivity contribution is 0.298. The first-order chi connectivity index (χ1) is 13.4. The molecule has 3 N–H and O–H groups in total. The molecule has 0 radical (unpaired) electrons. The normalized spacial score (nSPS) is 13.1. The lowest BCUT2D eigenvalue weighted by Gasteiger charge is -2.13. The Morgan fingerprint density at radius 3 is 2.75 bits per heavy atom. The fourth-order valence-electron chi connectivity index (χ4n) is 3.60. The second kappa shape index (κ2) is 7.01. The van der Waals surface area contributed by atoms with Gasteiger partial charge in [0, 0.05) is 12.2 Å². The van der Waals surface area contributed by atoms with E-state index in [9.17, 15) is 13.5 Å². The Morgan fingerprint density at radius 2 is 2.00 bits per heavy atom. The highest BCUT2D eigenvalue weighted by molar-refractivity contribution is 7.89. The Labute approximate surface area is 164 Å². The summed E-state index contributed by atoms with van der Waals surface area (Å²) in [5, 5.41) is 19.2. The van der Waals surface area contributed by atoms with Crippen LogP contribution in [0.1, 0.15) is 22.4 Å². The lowest BCUT2D eigenvalue weighted by Crippen LogP contribution is -2.15. The van der Waals surface area contributed by atoms with Crippen LogP contribution in [0.3, 0.4) is 0 Å². The van der Waals surface area contributed by atoms with Crippen molar-refractivity contribution in [2.24, 2.45) is 5.14 Å². The monoisotopic (exact) mass is 395 g/mol. The van der Waals surface area contributed by atoms with Gasteiger partial charge in [-0.1, -0.05) is 24.3 Å². The number of sulfonamides is 1. The number of benzene rings is 2. The molecule has 1 heterocycles. The Morgan fingerprint density at radius 1 is 1.18 bits per heavy atom. The Kier molecular flexibility index (Phi) is 4.66. The van der Waals surface area contributed by atoms with Crippen LogP contribution in [0.2, 0.25) is 0 Å². The number of nitrogens with zero attached hydrogens (tertiary/aromatic N) is 2. The molecule has 0 spiro atoms. The maximum Gasteiger partial charge on any atom is 0.238 e. The topological polar surface area (TPSA) is 98.2 Å². The number of fused-ring (bicyclic) bond motifs is 1. The van der Waals surface area contributed by atoms with Gasteiger partial charge < -0.3 is 5.11 Å². The van der Waals surface area contributed by atoms with Gasteiger partial charge in [0.1, 0.15) is 0 Å². The molecule has 1 aromatic heterocycles. The van der Waals surface area contributed by atoms with E-state index in [0.717, 1.165) is 29.1 Å². The highest BCUT2D eigenvalue weighted by atomic mass is 32.2. The molecule has 6 nitrogen and oxygen atoms in total. The van der Waals surface area contributed by atoms with Crippen LogP contribution >= 0.6 is 0 Å². The van der Waals surface area contributed by atoms with Crippen molar-refractivity contribution in [3.63, 3.8) is 0 Å². The molecule has 0 fully saturated rings. The van der Waals surface area contributed by atoms with Gasteiger partial charge in [-0.05, 0) is 66.8 Å². The van der Waals surface area contributed by atoms with Crippen molar-refractivity contribution in [1.29, 1.82) is 0 Å². The Hall–Kier alpha value is -2.74. The quantitative estimate of drug-likeness (QED) is 0.694. The molecule has 1 aliphatic rings. The Balaban J connectivity index is 1.85. The minimum Gasteiger partial charge on any atom is -0.396 e. The van der Waals surface area contributed by atoms with Crippen LogP contribution in [0.5, 0.6) is 0 Å². The molecule has 7 heteroatoms. The third-order valence-corrected chi connectivity index (χ3v) is 5.90. The average molecular weight is 395 g/mol. The molecule has 0 amide bonds. The van der Waals surface area contributed by atoms with E-state index in [1.54, 1.807) is 16.8 Å². The molecule has 2 aromatic carbocycles. The number of aromatic nitrogens is 2. The van der Waals surface area contributed by atoms with Crippen molar-refractivity contribution < 1.29 is 13.5 Å². The molecule has 0 atom stereocenters. The van der Waals surface area contributed by atoms with Gasteiger partial charge in [-0.15, -0.1) is 0 Å². The summed E-state index contributed by atoms with van der Waals surface area (Å²) in [4.78, 5) is 0.0263. The Bertz CT molecular complexity index is 1190. The number of rotatable bonds is 5. The van der Waals surface area contributed by atoms with Gasteiger partial charge in [-0.3, -0.25) is 0 Å². The van der Waals surface area contributed by atoms with Crippen molar-refractivity contribution in [3.8, 4) is 16.9 Å². The van der Waals surface area contributed by atoms with Gasteiger partial charge in [0.2, 0.25) is 10.0 Å². The van der Waals surface area contributed by atoms with Gasteiger partial charge in [0.15, 0.2) is 0 Å². The molecule has 4 rings (SSSR count). The summed E-state index contributed by atoms with van der Waals surface area (Å²) in [5.41, 5.74) is 6.49. The van der Waals surface area contributed by atoms with E-state index in [2.05, 4.69) is 35.4 Å². The third-order valence-electron chi connectivity index (χ3n) is 4.88. The van der Waals surface area contributed by atoms with Gasteiger partial charge in [-0.2, -0.15) is 5.10 Å². The highest BCUT2D eigenvalue weighted by Gasteiger charge is 2.17. The zero-order valence-corrected chi connectivity index (χ0v) is 16.3. The van der Waals surface area contributed by atoms with E-state index in [1.165, 1.54) is 17.2 Å². The van der Waals surface area contributed by atoms with Crippen molar-refractivity contribution in [2.45, 2.75) is 24.7 Å². The molecule has 0 bridgehead atoms. The summed E-state index contributed by atoms with van der Waals surface area (Å²) in [6.07, 6.45) is 5.41. The summed E-state index contributed by atoms with van der Waals surface area (Å²) < 4.78 is 25.5. The predicted molar refractivity (Wildman–Crippen MR) is 109 cm³/mol. The van der Waals surface area contributed by atoms with E-state index in [1.807, 2.05) is 13.0 Å². The minimum atomic E-state index is -3.87. The number of aliphatic hydroxyl groups excluding tert-OH is 1. The summed E-state index contributed by atoms with van der Waals surface area (Å²) >= 11 is 0. The summed E-state index contributed by atoms with van der Waals surface area (Å²) in [5.74, 6) is 0. The predicted octanol–water partition coefficient (Wildman–Crippen LogP) is 2.60. The van der Waals surface area contributed by atoms with Crippen molar-refractivity contribution in [1.82, 2.24) is 9.78 Å². The van der Waals surface area contributed by atoms with Crippen LogP contribution < -0.4 is 5.14 Å². The van der Waals surface area contributed by atoms with E-state index >= 15 is 0 Å². The van der Waals surface area contributed by atoms with E-state index < -0.39 is 10.0 Å². The van der Waals surface area contributed by atoms with Crippen LogP contribution in [-0.4, -0.2) is 29.9 Å². The van der Waals surface area contributed by atoms with Crippen LogP contribution in [-0.2, 0) is 22.9 Å². The van der Waals surface area contributed by atoms with Gasteiger partial charge >= 0.3 is 0 Å². The standard InChI is InChI=1S/C21H21N3O3S/c1-14-11-20(17-6-5-15-3-2-4-16(15)12-17)24(23-14)19-7-8-21(28(22,26)27)18(13-19)9-10-25/h2,4-8,11-13,25H,3,9-10H2,1H3,(H2,22,26,27). The second-order valence-electron chi connectivity index (χ2n) is 6.91. The maximum atomic E-state index is 11.8. The molecule has 3 aromatic rings. The summed E-state index contributed by atoms with van der Waals surface area (Å²) in [7, 11) is -3.87. The molecule has 1 aliphatic carbocycles. The minimum absolute atomic E-state index is 0.0263. The molecule has 0 unspecified atom stereocenters. The first kappa shape index (κ1) is 18.6. The van der Waals surface area contributed by atoms with Crippen molar-refractivity contribution in [3.05, 3.63) is 70.9 Å². The van der Waals surface area contributed by atoms with Crippen molar-refractivity contribution in [2.75, 3.05) is 6.61 Å². The first-order valence-corrected chi connectivity index (χ1v) is 10.5. The number of allylic oxidation sites excluding steroid dienone is 1. The largest absolute Gasteiger partial charge is 0.396 e. The zero-order valence-electron chi connectivity index (χ0n) is 15.5. The van der Waals surface area contributed by atoms with E-state index in [0.29, 0.717) is 5.56 Å². The number of aryl methyl sites for hydroxylation is 1. The van der Waals surface area contributed by atoms with E-state index in [4.69, 9.17) is 5.14 Å². The average Bonchev–Trinajstić information content (AvgIpc) is 3.26. The number of primary sulfonamides is 1. The maximum absolute atomic E-state index is 11.8. The van der Waals surface area contributed by atoms with Crippen LogP contribution in [0.4, 0.5) is 0 Å². The molecular weight excluding hydrogens is 374 g/mol. The SMILES string of the molecule is Cc1cc(-c2ccc3c(c2)C=CC3)n(-c2ccc(S(N)(=O)=O)c(CCO)c2)n1.